The Morgan fingerprint density at radius 2 is 1.97 bits per heavy atom. The number of amides is 1. The minimum atomic E-state index is -1.12. The molecule has 1 aliphatic rings. The first kappa shape index (κ1) is 25.2. The molecule has 0 bridgehead atoms. The van der Waals surface area contributed by atoms with Gasteiger partial charge in [-0.25, -0.2) is 10.4 Å². The average Bonchev–Trinajstić information content (AvgIpc) is 3.16. The number of rotatable bonds is 12. The number of aliphatic imine (C=N–C) groups is 1. The smallest absolute Gasteiger partial charge is 0.266 e. The van der Waals surface area contributed by atoms with Crippen LogP contribution in [0.25, 0.3) is 0 Å². The van der Waals surface area contributed by atoms with E-state index >= 15 is 0 Å². The van der Waals surface area contributed by atoms with Crippen molar-refractivity contribution in [2.24, 2.45) is 4.99 Å². The van der Waals surface area contributed by atoms with Crippen molar-refractivity contribution in [1.29, 1.82) is 0 Å². The Bertz CT molecular complexity index is 951. The molecule has 2 aromatic rings. The van der Waals surface area contributed by atoms with Gasteiger partial charge in [-0.1, -0.05) is 47.5 Å². The molecule has 0 unspecified atom stereocenters. The maximum absolute atomic E-state index is 13.4. The Morgan fingerprint density at radius 3 is 2.67 bits per heavy atom. The number of carbonyl (C=O) groups excluding carboxylic acids is 1. The molecule has 1 heterocycles. The summed E-state index contributed by atoms with van der Waals surface area (Å²) in [4.78, 5) is 18.3. The van der Waals surface area contributed by atoms with Crippen LogP contribution in [0.4, 0.5) is 0 Å². The van der Waals surface area contributed by atoms with Crippen LogP contribution in [0.1, 0.15) is 44.2 Å². The monoisotopic (exact) mass is 517 g/mol. The number of aliphatic hydroxyl groups excluding tert-OH is 1. The Morgan fingerprint density at radius 1 is 1.21 bits per heavy atom. The summed E-state index contributed by atoms with van der Waals surface area (Å²) >= 11 is 3.60. The van der Waals surface area contributed by atoms with Gasteiger partial charge >= 0.3 is 0 Å². The molecule has 3 N–H and O–H groups in total. The number of hydrogen-bond donors (Lipinski definition) is 3. The van der Waals surface area contributed by atoms with Gasteiger partial charge in [0, 0.05) is 36.0 Å². The number of hydrogen-bond acceptors (Lipinski definition) is 6. The molecule has 0 aliphatic carbocycles. The number of benzene rings is 2. The summed E-state index contributed by atoms with van der Waals surface area (Å²) in [6.07, 6.45) is 2.50. The van der Waals surface area contributed by atoms with Gasteiger partial charge in [0.1, 0.15) is 11.9 Å². The molecule has 1 aliphatic heterocycles. The van der Waals surface area contributed by atoms with E-state index in [2.05, 4.69) is 33.7 Å². The molecule has 0 spiro atoms. The predicted octanol–water partition coefficient (Wildman–Crippen LogP) is 3.78. The third-order valence-corrected chi connectivity index (χ3v) is 6.38. The molecule has 0 fully saturated rings. The lowest BCUT2D eigenvalue weighted by atomic mass is 9.86. The zero-order valence-electron chi connectivity index (χ0n) is 19.1. The lowest BCUT2D eigenvalue weighted by Crippen LogP contribution is -2.56. The third kappa shape index (κ3) is 6.34. The molecule has 1 amide bonds. The van der Waals surface area contributed by atoms with Gasteiger partial charge in [-0.2, -0.15) is 0 Å². The van der Waals surface area contributed by atoms with Gasteiger partial charge in [0.05, 0.1) is 6.61 Å². The second-order valence-electron chi connectivity index (χ2n) is 8.05. The van der Waals surface area contributed by atoms with Crippen LogP contribution in [0.15, 0.2) is 58.0 Å². The first-order valence-corrected chi connectivity index (χ1v) is 12.2. The first-order chi connectivity index (χ1) is 16.0. The third-order valence-electron chi connectivity index (χ3n) is 5.60. The molecule has 0 saturated carbocycles. The van der Waals surface area contributed by atoms with Crippen molar-refractivity contribution in [2.75, 3.05) is 19.8 Å². The van der Waals surface area contributed by atoms with E-state index in [1.807, 2.05) is 55.5 Å². The van der Waals surface area contributed by atoms with Crippen molar-refractivity contribution in [2.45, 2.75) is 51.2 Å². The summed E-state index contributed by atoms with van der Waals surface area (Å²) < 4.78 is 12.7. The zero-order valence-corrected chi connectivity index (χ0v) is 20.7. The lowest BCUT2D eigenvalue weighted by molar-refractivity contribution is -0.129. The van der Waals surface area contributed by atoms with Gasteiger partial charge in [-0.05, 0) is 49.2 Å². The van der Waals surface area contributed by atoms with Gasteiger partial charge in [-0.3, -0.25) is 10.2 Å². The Labute approximate surface area is 203 Å². The highest BCUT2D eigenvalue weighted by Gasteiger charge is 2.50. The molecule has 8 heteroatoms. The normalized spacial score (nSPS) is 19.6. The number of nitrogens with one attached hydrogen (secondary N) is 2. The van der Waals surface area contributed by atoms with Crippen molar-refractivity contribution in [1.82, 2.24) is 10.9 Å². The second-order valence-corrected chi connectivity index (χ2v) is 8.91. The molecule has 7 nitrogen and oxygen atoms in total. The molecule has 178 valence electrons. The Kier molecular flexibility index (Phi) is 9.29. The summed E-state index contributed by atoms with van der Waals surface area (Å²) in [7, 11) is 0. The highest BCUT2D eigenvalue weighted by molar-refractivity contribution is 9.10. The largest absolute Gasteiger partial charge is 0.494 e. The van der Waals surface area contributed by atoms with E-state index < -0.39 is 11.6 Å². The minimum Gasteiger partial charge on any atom is -0.494 e. The lowest BCUT2D eigenvalue weighted by Gasteiger charge is -2.28. The van der Waals surface area contributed by atoms with Gasteiger partial charge in [0.2, 0.25) is 5.90 Å². The van der Waals surface area contributed by atoms with E-state index in [9.17, 15) is 4.79 Å². The maximum atomic E-state index is 13.4. The second kappa shape index (κ2) is 12.2. The fraction of sp³-hybridized carbons (Fsp3) is 0.440. The van der Waals surface area contributed by atoms with Crippen LogP contribution in [0.2, 0.25) is 0 Å². The molecule has 3 rings (SSSR count). The molecule has 0 radical (unpaired) electrons. The van der Waals surface area contributed by atoms with Crippen LogP contribution in [0.3, 0.4) is 0 Å². The molecular weight excluding hydrogens is 486 g/mol. The van der Waals surface area contributed by atoms with Crippen LogP contribution in [0.5, 0.6) is 5.75 Å². The fourth-order valence-corrected chi connectivity index (χ4v) is 4.02. The van der Waals surface area contributed by atoms with E-state index in [0.29, 0.717) is 37.6 Å². The standard InChI is InChI=1S/C25H32BrN3O4/c1-3-4-14-27-29-24(31)25(17-20-8-5-6-9-22(20)26)18(2)33-23(28-25)19-10-12-21(13-11-19)32-16-7-15-30/h5-6,8-13,18,27,30H,3-4,7,14-17H2,1-2H3,(H,29,31)/t18-,25-/m0/s1. The molecule has 2 atom stereocenters. The number of aliphatic hydroxyl groups is 1. The van der Waals surface area contributed by atoms with Crippen LogP contribution < -0.4 is 15.6 Å². The van der Waals surface area contributed by atoms with Gasteiger partial charge in [0.15, 0.2) is 5.54 Å². The number of nitrogens with zero attached hydrogens (tertiary/aromatic N) is 1. The predicted molar refractivity (Wildman–Crippen MR) is 132 cm³/mol. The van der Waals surface area contributed by atoms with E-state index in [1.54, 1.807) is 0 Å². The van der Waals surface area contributed by atoms with Crippen LogP contribution >= 0.6 is 15.9 Å². The van der Waals surface area contributed by atoms with Crippen molar-refractivity contribution >= 4 is 27.7 Å². The quantitative estimate of drug-likeness (QED) is 0.294. The van der Waals surface area contributed by atoms with Crippen LogP contribution in [0, 0.1) is 0 Å². The number of hydrazine groups is 1. The van der Waals surface area contributed by atoms with E-state index in [4.69, 9.17) is 19.6 Å². The Balaban J connectivity index is 1.86. The van der Waals surface area contributed by atoms with E-state index in [0.717, 1.165) is 28.4 Å². The molecule has 0 saturated heterocycles. The molecule has 2 aromatic carbocycles. The van der Waals surface area contributed by atoms with Crippen molar-refractivity contribution in [3.8, 4) is 5.75 Å². The topological polar surface area (TPSA) is 92.2 Å². The number of unbranched alkanes of at least 4 members (excludes halogenated alkanes) is 1. The van der Waals surface area contributed by atoms with Crippen LogP contribution in [-0.2, 0) is 16.0 Å². The van der Waals surface area contributed by atoms with Crippen molar-refractivity contribution in [3.63, 3.8) is 0 Å². The zero-order chi connectivity index (χ0) is 23.7. The SMILES string of the molecule is CCCCNNC(=O)[C@@]1(Cc2ccccc2Br)N=C(c2ccc(OCCCO)cc2)O[C@H]1C. The molecular formula is C25H32BrN3O4. The minimum absolute atomic E-state index is 0.0929. The summed E-state index contributed by atoms with van der Waals surface area (Å²) in [5.41, 5.74) is 6.51. The molecule has 0 aromatic heterocycles. The van der Waals surface area contributed by atoms with Crippen LogP contribution in [-0.4, -0.2) is 48.3 Å². The van der Waals surface area contributed by atoms with Crippen molar-refractivity contribution in [3.05, 3.63) is 64.1 Å². The van der Waals surface area contributed by atoms with Gasteiger partial charge in [-0.15, -0.1) is 0 Å². The summed E-state index contributed by atoms with van der Waals surface area (Å²) in [5.74, 6) is 0.914. The molecule has 33 heavy (non-hydrogen) atoms. The van der Waals surface area contributed by atoms with Crippen molar-refractivity contribution < 1.29 is 19.4 Å². The van der Waals surface area contributed by atoms with E-state index in [-0.39, 0.29) is 12.5 Å². The van der Waals surface area contributed by atoms with Gasteiger partial charge in [0.25, 0.3) is 5.91 Å². The average molecular weight is 518 g/mol. The summed E-state index contributed by atoms with van der Waals surface area (Å²) in [6, 6.07) is 15.2. The first-order valence-electron chi connectivity index (χ1n) is 11.4. The maximum Gasteiger partial charge on any atom is 0.266 e. The number of halogens is 1. The summed E-state index contributed by atoms with van der Waals surface area (Å²) in [6.45, 7) is 5.22. The summed E-state index contributed by atoms with van der Waals surface area (Å²) in [5, 5.41) is 8.90. The number of carbonyl (C=O) groups is 1. The highest BCUT2D eigenvalue weighted by atomic mass is 79.9. The Hall–Kier alpha value is -2.42. The van der Waals surface area contributed by atoms with Gasteiger partial charge < -0.3 is 14.6 Å². The fourth-order valence-electron chi connectivity index (χ4n) is 3.59. The number of ether oxygens (including phenoxy) is 2. The highest BCUT2D eigenvalue weighted by Crippen LogP contribution is 2.34. The van der Waals surface area contributed by atoms with E-state index in [1.165, 1.54) is 0 Å².